The molecule has 102 valence electrons. The van der Waals surface area contributed by atoms with Crippen LogP contribution in [0.1, 0.15) is 31.7 Å². The summed E-state index contributed by atoms with van der Waals surface area (Å²) in [5.41, 5.74) is 0.825. The fraction of sp³-hybridized carbons (Fsp3) is 0.533. The van der Waals surface area contributed by atoms with Gasteiger partial charge in [0, 0.05) is 19.7 Å². The Balaban J connectivity index is 2.13. The van der Waals surface area contributed by atoms with E-state index in [1.807, 2.05) is 12.1 Å². The van der Waals surface area contributed by atoms with Crippen LogP contribution in [-0.4, -0.2) is 25.8 Å². The van der Waals surface area contributed by atoms with Gasteiger partial charge in [0.25, 0.3) is 0 Å². The Kier molecular flexibility index (Phi) is 4.75. The maximum Gasteiger partial charge on any atom is 0.143 e. The highest BCUT2D eigenvalue weighted by molar-refractivity contribution is 5.60. The lowest BCUT2D eigenvalue weighted by atomic mass is 10.1. The summed E-state index contributed by atoms with van der Waals surface area (Å²) in [5, 5.41) is 9.09. The molecule has 1 aromatic carbocycles. The molecule has 1 atom stereocenters. The Hall–Kier alpha value is -1.60. The molecule has 1 saturated heterocycles. The minimum absolute atomic E-state index is 0.138. The predicted octanol–water partition coefficient (Wildman–Crippen LogP) is 3.09. The summed E-state index contributed by atoms with van der Waals surface area (Å²) < 4.78 is 19.4. The van der Waals surface area contributed by atoms with E-state index in [1.54, 1.807) is 6.07 Å². The van der Waals surface area contributed by atoms with Gasteiger partial charge >= 0.3 is 0 Å². The summed E-state index contributed by atoms with van der Waals surface area (Å²) in [7, 11) is 0. The van der Waals surface area contributed by atoms with Crippen molar-refractivity contribution in [2.75, 3.05) is 24.6 Å². The van der Waals surface area contributed by atoms with Crippen LogP contribution in [0.3, 0.4) is 0 Å². The van der Waals surface area contributed by atoms with Crippen molar-refractivity contribution < 1.29 is 9.13 Å². The normalized spacial score (nSPS) is 19.2. The average Bonchev–Trinajstić information content (AvgIpc) is 2.45. The Morgan fingerprint density at radius 1 is 1.53 bits per heavy atom. The number of ether oxygens (including phenoxy) is 1. The largest absolute Gasteiger partial charge is 0.376 e. The summed E-state index contributed by atoms with van der Waals surface area (Å²) in [5.74, 6) is -0.448. The highest BCUT2D eigenvalue weighted by Crippen LogP contribution is 2.26. The second-order valence-corrected chi connectivity index (χ2v) is 4.83. The lowest BCUT2D eigenvalue weighted by Gasteiger charge is -2.34. The zero-order chi connectivity index (χ0) is 13.7. The van der Waals surface area contributed by atoms with Crippen LogP contribution in [0, 0.1) is 17.1 Å². The van der Waals surface area contributed by atoms with Crippen LogP contribution in [0.15, 0.2) is 18.2 Å². The molecule has 4 heteroatoms. The van der Waals surface area contributed by atoms with Crippen molar-refractivity contribution in [3.63, 3.8) is 0 Å². The molecule has 1 aliphatic rings. The maximum absolute atomic E-state index is 13.6. The van der Waals surface area contributed by atoms with Gasteiger partial charge in [-0.25, -0.2) is 4.39 Å². The van der Waals surface area contributed by atoms with Crippen molar-refractivity contribution in [1.29, 1.82) is 5.26 Å². The zero-order valence-corrected chi connectivity index (χ0v) is 11.2. The molecule has 0 aliphatic carbocycles. The van der Waals surface area contributed by atoms with Crippen molar-refractivity contribution in [2.24, 2.45) is 0 Å². The monoisotopic (exact) mass is 262 g/mol. The molecule has 1 aromatic rings. The minimum Gasteiger partial charge on any atom is -0.376 e. The Bertz CT molecular complexity index is 470. The Morgan fingerprint density at radius 2 is 2.37 bits per heavy atom. The number of hydrogen-bond donors (Lipinski definition) is 0. The molecule has 2 rings (SSSR count). The van der Waals surface area contributed by atoms with Gasteiger partial charge in [0.15, 0.2) is 0 Å². The molecule has 1 aliphatic heterocycles. The molecule has 19 heavy (non-hydrogen) atoms. The first-order valence-corrected chi connectivity index (χ1v) is 6.81. The zero-order valence-electron chi connectivity index (χ0n) is 11.2. The van der Waals surface area contributed by atoms with Crippen molar-refractivity contribution in [3.8, 4) is 6.07 Å². The quantitative estimate of drug-likeness (QED) is 0.836. The first-order chi connectivity index (χ1) is 9.26. The van der Waals surface area contributed by atoms with Gasteiger partial charge in [-0.3, -0.25) is 0 Å². The molecule has 0 amide bonds. The van der Waals surface area contributed by atoms with Crippen LogP contribution in [0.2, 0.25) is 0 Å². The van der Waals surface area contributed by atoms with Gasteiger partial charge in [0.05, 0.1) is 11.8 Å². The highest BCUT2D eigenvalue weighted by atomic mass is 19.1. The summed E-state index contributed by atoms with van der Waals surface area (Å²) in [4.78, 5) is 2.06. The van der Waals surface area contributed by atoms with E-state index in [1.165, 1.54) is 6.07 Å². The second-order valence-electron chi connectivity index (χ2n) is 4.83. The van der Waals surface area contributed by atoms with E-state index in [0.29, 0.717) is 5.69 Å². The number of anilines is 1. The molecule has 0 bridgehead atoms. The summed E-state index contributed by atoms with van der Waals surface area (Å²) >= 11 is 0. The molecule has 0 aromatic heterocycles. The van der Waals surface area contributed by atoms with Gasteiger partial charge in [-0.2, -0.15) is 5.26 Å². The van der Waals surface area contributed by atoms with Gasteiger partial charge in [-0.15, -0.1) is 0 Å². The van der Waals surface area contributed by atoms with Gasteiger partial charge in [0.1, 0.15) is 17.4 Å². The standard InChI is InChI=1S/C15H19FN2O/c1-2-9-19-12-5-4-8-18(11-12)15-7-3-6-14(16)13(15)10-17/h3,6-7,12H,2,4-5,8-9,11H2,1H3. The SMILES string of the molecule is CCCOC1CCCN(c2cccc(F)c2C#N)C1. The van der Waals surface area contributed by atoms with Crippen molar-refractivity contribution in [2.45, 2.75) is 32.3 Å². The second kappa shape index (κ2) is 6.53. The highest BCUT2D eigenvalue weighted by Gasteiger charge is 2.23. The third-order valence-electron chi connectivity index (χ3n) is 3.38. The van der Waals surface area contributed by atoms with Crippen molar-refractivity contribution in [1.82, 2.24) is 0 Å². The van der Waals surface area contributed by atoms with Crippen LogP contribution in [-0.2, 0) is 4.74 Å². The molecule has 0 spiro atoms. The van der Waals surface area contributed by atoms with Gasteiger partial charge in [0.2, 0.25) is 0 Å². The smallest absolute Gasteiger partial charge is 0.143 e. The fourth-order valence-electron chi connectivity index (χ4n) is 2.46. The Labute approximate surface area is 113 Å². The van der Waals surface area contributed by atoms with E-state index < -0.39 is 5.82 Å². The lowest BCUT2D eigenvalue weighted by molar-refractivity contribution is 0.0440. The predicted molar refractivity (Wildman–Crippen MR) is 72.6 cm³/mol. The van der Waals surface area contributed by atoms with E-state index in [0.717, 1.165) is 39.0 Å². The first-order valence-electron chi connectivity index (χ1n) is 6.81. The lowest BCUT2D eigenvalue weighted by Crippen LogP contribution is -2.40. The summed E-state index contributed by atoms with van der Waals surface area (Å²) in [6.07, 6.45) is 3.23. The molecule has 1 unspecified atom stereocenters. The third-order valence-corrected chi connectivity index (χ3v) is 3.38. The number of nitrogens with zero attached hydrogens (tertiary/aromatic N) is 2. The van der Waals surface area contributed by atoms with E-state index in [-0.39, 0.29) is 11.7 Å². The van der Waals surface area contributed by atoms with E-state index >= 15 is 0 Å². The number of rotatable bonds is 4. The maximum atomic E-state index is 13.6. The van der Waals surface area contributed by atoms with Crippen LogP contribution < -0.4 is 4.90 Å². The number of piperidine rings is 1. The van der Waals surface area contributed by atoms with Gasteiger partial charge in [-0.1, -0.05) is 13.0 Å². The van der Waals surface area contributed by atoms with Crippen LogP contribution in [0.4, 0.5) is 10.1 Å². The van der Waals surface area contributed by atoms with Crippen molar-refractivity contribution >= 4 is 5.69 Å². The van der Waals surface area contributed by atoms with Crippen LogP contribution >= 0.6 is 0 Å². The van der Waals surface area contributed by atoms with Gasteiger partial charge < -0.3 is 9.64 Å². The first kappa shape index (κ1) is 13.8. The number of nitriles is 1. The summed E-state index contributed by atoms with van der Waals surface area (Å²) in [6, 6.07) is 6.76. The fourth-order valence-corrected chi connectivity index (χ4v) is 2.46. The van der Waals surface area contributed by atoms with E-state index in [2.05, 4.69) is 11.8 Å². The van der Waals surface area contributed by atoms with E-state index in [9.17, 15) is 4.39 Å². The topological polar surface area (TPSA) is 36.3 Å². The molecule has 0 radical (unpaired) electrons. The minimum atomic E-state index is -0.448. The van der Waals surface area contributed by atoms with Gasteiger partial charge in [-0.05, 0) is 31.4 Å². The molecule has 1 heterocycles. The molecular weight excluding hydrogens is 243 g/mol. The third kappa shape index (κ3) is 3.24. The average molecular weight is 262 g/mol. The van der Waals surface area contributed by atoms with Crippen LogP contribution in [0.5, 0.6) is 0 Å². The molecule has 1 fully saturated rings. The molecule has 0 N–H and O–H groups in total. The van der Waals surface area contributed by atoms with E-state index in [4.69, 9.17) is 10.00 Å². The molecular formula is C15H19FN2O. The van der Waals surface area contributed by atoms with Crippen LogP contribution in [0.25, 0.3) is 0 Å². The number of benzene rings is 1. The molecule has 0 saturated carbocycles. The Morgan fingerprint density at radius 3 is 3.11 bits per heavy atom. The molecule has 3 nitrogen and oxygen atoms in total. The number of hydrogen-bond acceptors (Lipinski definition) is 3. The van der Waals surface area contributed by atoms with Crippen molar-refractivity contribution in [3.05, 3.63) is 29.6 Å². The number of halogens is 1. The summed E-state index contributed by atoms with van der Waals surface area (Å²) in [6.45, 7) is 4.43.